The number of hydrogen-bond donors (Lipinski definition) is 3. The number of aliphatic hydroxyl groups is 2. The Kier molecular flexibility index (Phi) is 10.6. The molecule has 1 fully saturated rings. The maximum Gasteiger partial charge on any atom is 0.303 e. The van der Waals surface area contributed by atoms with Gasteiger partial charge in [0.15, 0.2) is 0 Å². The fourth-order valence-corrected chi connectivity index (χ4v) is 4.13. The van der Waals surface area contributed by atoms with Crippen molar-refractivity contribution in [2.24, 2.45) is 17.3 Å². The number of rotatable bonds is 12. The molecule has 4 nitrogen and oxygen atoms in total. The van der Waals surface area contributed by atoms with Crippen LogP contribution in [0.25, 0.3) is 0 Å². The lowest BCUT2D eigenvalue weighted by Crippen LogP contribution is -2.28. The predicted molar refractivity (Wildman–Crippen MR) is 111 cm³/mol. The molecule has 1 aliphatic rings. The van der Waals surface area contributed by atoms with Crippen molar-refractivity contribution in [2.75, 3.05) is 0 Å². The van der Waals surface area contributed by atoms with Crippen LogP contribution in [0.2, 0.25) is 0 Å². The summed E-state index contributed by atoms with van der Waals surface area (Å²) >= 11 is 6.46. The van der Waals surface area contributed by atoms with Gasteiger partial charge in [-0.2, -0.15) is 0 Å². The average molecular weight is 401 g/mol. The monoisotopic (exact) mass is 400 g/mol. The maximum absolute atomic E-state index is 10.6. The number of halogens is 1. The van der Waals surface area contributed by atoms with Crippen molar-refractivity contribution in [1.29, 1.82) is 0 Å². The van der Waals surface area contributed by atoms with Crippen molar-refractivity contribution >= 4 is 17.6 Å². The van der Waals surface area contributed by atoms with E-state index in [1.165, 1.54) is 0 Å². The molecular weight excluding hydrogens is 364 g/mol. The Morgan fingerprint density at radius 3 is 2.63 bits per heavy atom. The number of aliphatic carboxylic acids is 1. The predicted octanol–water partition coefficient (Wildman–Crippen LogP) is 4.93. The summed E-state index contributed by atoms with van der Waals surface area (Å²) in [5.74, 6) is -0.707. The van der Waals surface area contributed by atoms with Gasteiger partial charge < -0.3 is 15.3 Å². The van der Waals surface area contributed by atoms with Crippen LogP contribution >= 0.6 is 11.6 Å². The van der Waals surface area contributed by atoms with Crippen molar-refractivity contribution in [2.45, 2.75) is 89.7 Å². The number of hydrogen-bond acceptors (Lipinski definition) is 3. The molecule has 0 radical (unpaired) electrons. The summed E-state index contributed by atoms with van der Waals surface area (Å²) in [6, 6.07) is 0. The second kappa shape index (κ2) is 11.9. The van der Waals surface area contributed by atoms with Crippen LogP contribution in [-0.4, -0.2) is 38.9 Å². The van der Waals surface area contributed by atoms with Crippen molar-refractivity contribution in [3.8, 4) is 0 Å². The van der Waals surface area contributed by atoms with Gasteiger partial charge in [0.1, 0.15) is 0 Å². The number of carbonyl (C=O) groups is 1. The highest BCUT2D eigenvalue weighted by molar-refractivity contribution is 6.21. The highest BCUT2D eigenvalue weighted by Gasteiger charge is 2.39. The van der Waals surface area contributed by atoms with E-state index in [0.29, 0.717) is 12.8 Å². The normalized spacial score (nSPS) is 27.6. The lowest BCUT2D eigenvalue weighted by Gasteiger charge is -2.29. The molecule has 0 aliphatic heterocycles. The molecule has 1 rings (SSSR count). The molecule has 1 aliphatic carbocycles. The minimum atomic E-state index is -0.770. The van der Waals surface area contributed by atoms with E-state index >= 15 is 0 Å². The van der Waals surface area contributed by atoms with Crippen LogP contribution in [0.3, 0.4) is 0 Å². The second-order valence-corrected chi connectivity index (χ2v) is 9.04. The van der Waals surface area contributed by atoms with Gasteiger partial charge in [-0.05, 0) is 43.4 Å². The molecule has 0 aromatic heterocycles. The minimum Gasteiger partial charge on any atom is -0.481 e. The number of alkyl halides is 1. The number of carboxylic acids is 1. The van der Waals surface area contributed by atoms with Gasteiger partial charge >= 0.3 is 5.97 Å². The molecule has 0 heterocycles. The smallest absolute Gasteiger partial charge is 0.303 e. The van der Waals surface area contributed by atoms with Gasteiger partial charge in [0.05, 0.1) is 12.2 Å². The van der Waals surface area contributed by atoms with Gasteiger partial charge in [-0.25, -0.2) is 0 Å². The summed E-state index contributed by atoms with van der Waals surface area (Å²) < 4.78 is 0. The third kappa shape index (κ3) is 8.37. The molecule has 5 unspecified atom stereocenters. The Balaban J connectivity index is 2.62. The van der Waals surface area contributed by atoms with Gasteiger partial charge in [-0.1, -0.05) is 57.9 Å². The number of carboxylic acid groups (broad SMARTS) is 1. The summed E-state index contributed by atoms with van der Waals surface area (Å²) in [7, 11) is 0. The molecule has 3 N–H and O–H groups in total. The quantitative estimate of drug-likeness (QED) is 0.246. The van der Waals surface area contributed by atoms with Crippen LogP contribution in [0.15, 0.2) is 24.3 Å². The molecule has 27 heavy (non-hydrogen) atoms. The zero-order chi connectivity index (χ0) is 20.4. The van der Waals surface area contributed by atoms with Gasteiger partial charge in [0.2, 0.25) is 0 Å². The molecule has 0 aromatic rings. The third-order valence-corrected chi connectivity index (χ3v) is 6.20. The van der Waals surface area contributed by atoms with E-state index in [1.54, 1.807) is 0 Å². The summed E-state index contributed by atoms with van der Waals surface area (Å²) in [5.41, 5.74) is -0.185. The van der Waals surface area contributed by atoms with Crippen LogP contribution in [0.1, 0.15) is 72.1 Å². The Hall–Kier alpha value is -0.840. The zero-order valence-electron chi connectivity index (χ0n) is 17.0. The molecule has 0 amide bonds. The molecule has 5 atom stereocenters. The third-order valence-electron chi connectivity index (χ3n) is 5.70. The summed E-state index contributed by atoms with van der Waals surface area (Å²) in [6.45, 7) is 6.29. The van der Waals surface area contributed by atoms with Crippen molar-refractivity contribution < 1.29 is 20.1 Å². The first-order valence-corrected chi connectivity index (χ1v) is 10.7. The topological polar surface area (TPSA) is 77.8 Å². The van der Waals surface area contributed by atoms with Crippen molar-refractivity contribution in [3.63, 3.8) is 0 Å². The van der Waals surface area contributed by atoms with Crippen molar-refractivity contribution in [3.05, 3.63) is 24.3 Å². The van der Waals surface area contributed by atoms with Crippen LogP contribution in [0.4, 0.5) is 0 Å². The fourth-order valence-electron chi connectivity index (χ4n) is 3.68. The molecule has 1 saturated carbocycles. The van der Waals surface area contributed by atoms with Crippen LogP contribution in [0.5, 0.6) is 0 Å². The second-order valence-electron chi connectivity index (χ2n) is 8.48. The Morgan fingerprint density at radius 2 is 2.00 bits per heavy atom. The molecular formula is C22H37ClO4. The van der Waals surface area contributed by atoms with Gasteiger partial charge in [-0.15, -0.1) is 11.6 Å². The van der Waals surface area contributed by atoms with Crippen LogP contribution < -0.4 is 0 Å². The summed E-state index contributed by atoms with van der Waals surface area (Å²) in [4.78, 5) is 10.5. The van der Waals surface area contributed by atoms with Gasteiger partial charge in [0, 0.05) is 17.7 Å². The summed E-state index contributed by atoms with van der Waals surface area (Å²) in [5, 5.41) is 29.5. The molecule has 0 spiro atoms. The Labute approximate surface area is 169 Å². The first kappa shape index (κ1) is 24.2. The van der Waals surface area contributed by atoms with E-state index in [-0.39, 0.29) is 29.0 Å². The first-order chi connectivity index (χ1) is 12.7. The largest absolute Gasteiger partial charge is 0.481 e. The fraction of sp³-hybridized carbons (Fsp3) is 0.773. The van der Waals surface area contributed by atoms with Crippen molar-refractivity contribution in [1.82, 2.24) is 0 Å². The zero-order valence-corrected chi connectivity index (χ0v) is 17.7. The molecule has 0 saturated heterocycles. The highest BCUT2D eigenvalue weighted by atomic mass is 35.5. The molecule has 0 bridgehead atoms. The van der Waals surface area contributed by atoms with Crippen LogP contribution in [0, 0.1) is 17.3 Å². The van der Waals surface area contributed by atoms with E-state index in [9.17, 15) is 15.0 Å². The lowest BCUT2D eigenvalue weighted by molar-refractivity contribution is -0.137. The average Bonchev–Trinajstić information content (AvgIpc) is 2.86. The number of allylic oxidation sites excluding steroid dienone is 2. The summed E-state index contributed by atoms with van der Waals surface area (Å²) in [6.07, 6.45) is 12.8. The van der Waals surface area contributed by atoms with E-state index in [4.69, 9.17) is 16.7 Å². The Bertz CT molecular complexity index is 501. The Morgan fingerprint density at radius 1 is 1.30 bits per heavy atom. The van der Waals surface area contributed by atoms with Gasteiger partial charge in [-0.3, -0.25) is 4.79 Å². The standard InChI is InChI=1S/C22H37ClO4/c1-4-5-14-22(2,3)20(25)13-12-17-16(18(23)15-19(17)24)10-8-6-7-9-11-21(26)27/h6,8,12-13,16-20,24-25H,4-5,7,9-11,14-15H2,1-3H3,(H,26,27)/b8-6+,13-12+. The lowest BCUT2D eigenvalue weighted by atomic mass is 9.80. The number of unbranched alkanes of at least 4 members (excludes halogenated alkanes) is 2. The van der Waals surface area contributed by atoms with Gasteiger partial charge in [0.25, 0.3) is 0 Å². The molecule has 156 valence electrons. The van der Waals surface area contributed by atoms with E-state index in [0.717, 1.165) is 32.1 Å². The van der Waals surface area contributed by atoms with E-state index in [2.05, 4.69) is 20.8 Å². The highest BCUT2D eigenvalue weighted by Crippen LogP contribution is 2.40. The number of aliphatic hydroxyl groups excluding tert-OH is 2. The van der Waals surface area contributed by atoms with Crippen LogP contribution in [-0.2, 0) is 4.79 Å². The van der Waals surface area contributed by atoms with E-state index < -0.39 is 18.2 Å². The molecule has 0 aromatic carbocycles. The van der Waals surface area contributed by atoms with E-state index in [1.807, 2.05) is 24.3 Å². The first-order valence-electron chi connectivity index (χ1n) is 10.2. The molecule has 5 heteroatoms. The maximum atomic E-state index is 10.6. The minimum absolute atomic E-state index is 0.0622. The SMILES string of the molecule is CCCCC(C)(C)C(O)/C=C/C1C(O)CC(Cl)C1C/C=C/CCCC(=O)O.